The van der Waals surface area contributed by atoms with Gasteiger partial charge in [0.1, 0.15) is 5.75 Å². The summed E-state index contributed by atoms with van der Waals surface area (Å²) in [5.41, 5.74) is 10.7. The van der Waals surface area contributed by atoms with Gasteiger partial charge in [0.25, 0.3) is 0 Å². The molecule has 0 aliphatic rings. The Morgan fingerprint density at radius 2 is 1.75 bits per heavy atom. The summed E-state index contributed by atoms with van der Waals surface area (Å²) in [7, 11) is 1.57. The van der Waals surface area contributed by atoms with E-state index < -0.39 is 5.91 Å². The highest BCUT2D eigenvalue weighted by molar-refractivity contribution is 5.94. The van der Waals surface area contributed by atoms with Crippen molar-refractivity contribution in [3.05, 3.63) is 53.3 Å². The molecule has 6 heteroatoms. The molecular formula is C18H18N4O2. The number of nitrogens with one attached hydrogen (secondary N) is 1. The van der Waals surface area contributed by atoms with Crippen LogP contribution in [0.1, 0.15) is 21.7 Å². The number of rotatable bonds is 4. The highest BCUT2D eigenvalue weighted by Crippen LogP contribution is 2.29. The van der Waals surface area contributed by atoms with Crippen molar-refractivity contribution in [3.63, 3.8) is 0 Å². The first-order chi connectivity index (χ1) is 11.5. The van der Waals surface area contributed by atoms with Crippen LogP contribution in [-0.4, -0.2) is 23.0 Å². The normalized spacial score (nSPS) is 10.6. The van der Waals surface area contributed by atoms with Crippen molar-refractivity contribution in [2.24, 2.45) is 5.73 Å². The number of hydrogen-bond acceptors (Lipinski definition) is 5. The molecule has 24 heavy (non-hydrogen) atoms. The van der Waals surface area contributed by atoms with Crippen LogP contribution in [0.3, 0.4) is 0 Å². The molecule has 3 N–H and O–H groups in total. The van der Waals surface area contributed by atoms with E-state index in [1.165, 1.54) is 0 Å². The first-order valence-corrected chi connectivity index (χ1v) is 7.48. The SMILES string of the molecule is COc1ccc(C(N)=O)cc1Nc1ccc2nc(C)c(C)nc2c1. The summed E-state index contributed by atoms with van der Waals surface area (Å²) in [5.74, 6) is 0.127. The third-order valence-electron chi connectivity index (χ3n) is 3.84. The highest BCUT2D eigenvalue weighted by Gasteiger charge is 2.09. The molecule has 122 valence electrons. The minimum Gasteiger partial charge on any atom is -0.495 e. The van der Waals surface area contributed by atoms with Crippen LogP contribution in [0.2, 0.25) is 0 Å². The van der Waals surface area contributed by atoms with Gasteiger partial charge in [0.05, 0.1) is 35.2 Å². The minimum absolute atomic E-state index is 0.408. The van der Waals surface area contributed by atoms with Gasteiger partial charge in [0.2, 0.25) is 5.91 Å². The Bertz CT molecular complexity index is 938. The van der Waals surface area contributed by atoms with E-state index >= 15 is 0 Å². The van der Waals surface area contributed by atoms with E-state index in [1.807, 2.05) is 32.0 Å². The zero-order valence-electron chi connectivity index (χ0n) is 13.8. The van der Waals surface area contributed by atoms with Crippen molar-refractivity contribution in [1.29, 1.82) is 0 Å². The van der Waals surface area contributed by atoms with Gasteiger partial charge in [-0.25, -0.2) is 9.97 Å². The second kappa shape index (κ2) is 6.16. The number of benzene rings is 2. The topological polar surface area (TPSA) is 90.1 Å². The van der Waals surface area contributed by atoms with Gasteiger partial charge >= 0.3 is 0 Å². The van der Waals surface area contributed by atoms with Crippen molar-refractivity contribution in [1.82, 2.24) is 9.97 Å². The van der Waals surface area contributed by atoms with Gasteiger partial charge < -0.3 is 15.8 Å². The minimum atomic E-state index is -0.490. The summed E-state index contributed by atoms with van der Waals surface area (Å²) in [6.45, 7) is 3.87. The number of primary amides is 1. The third-order valence-corrected chi connectivity index (χ3v) is 3.84. The quantitative estimate of drug-likeness (QED) is 0.770. The van der Waals surface area contributed by atoms with E-state index in [1.54, 1.807) is 25.3 Å². The molecule has 0 saturated carbocycles. The van der Waals surface area contributed by atoms with Crippen LogP contribution in [0.5, 0.6) is 5.75 Å². The molecule has 0 spiro atoms. The van der Waals surface area contributed by atoms with Crippen LogP contribution < -0.4 is 15.8 Å². The zero-order valence-corrected chi connectivity index (χ0v) is 13.8. The predicted octanol–water partition coefficient (Wildman–Crippen LogP) is 3.10. The molecule has 3 aromatic rings. The first-order valence-electron chi connectivity index (χ1n) is 7.48. The van der Waals surface area contributed by atoms with E-state index in [9.17, 15) is 4.79 Å². The van der Waals surface area contributed by atoms with E-state index in [2.05, 4.69) is 15.3 Å². The number of fused-ring (bicyclic) bond motifs is 1. The van der Waals surface area contributed by atoms with Gasteiger partial charge in [-0.05, 0) is 50.2 Å². The van der Waals surface area contributed by atoms with Gasteiger partial charge in [0, 0.05) is 11.3 Å². The zero-order chi connectivity index (χ0) is 17.3. The number of ether oxygens (including phenoxy) is 1. The largest absolute Gasteiger partial charge is 0.495 e. The number of anilines is 2. The molecule has 0 aliphatic carbocycles. The van der Waals surface area contributed by atoms with Crippen LogP contribution in [0, 0.1) is 13.8 Å². The van der Waals surface area contributed by atoms with Gasteiger partial charge in [-0.15, -0.1) is 0 Å². The van der Waals surface area contributed by atoms with Gasteiger partial charge in [0.15, 0.2) is 0 Å². The van der Waals surface area contributed by atoms with Crippen LogP contribution in [0.25, 0.3) is 11.0 Å². The molecule has 2 aromatic carbocycles. The fraction of sp³-hybridized carbons (Fsp3) is 0.167. The second-order valence-electron chi connectivity index (χ2n) is 5.50. The smallest absolute Gasteiger partial charge is 0.248 e. The molecule has 1 aromatic heterocycles. The Morgan fingerprint density at radius 1 is 1.04 bits per heavy atom. The molecule has 0 bridgehead atoms. The van der Waals surface area contributed by atoms with E-state index in [0.717, 1.165) is 28.1 Å². The molecule has 1 amide bonds. The number of nitrogens with zero attached hydrogens (tertiary/aromatic N) is 2. The fourth-order valence-electron chi connectivity index (χ4n) is 2.42. The number of carbonyl (C=O) groups is 1. The number of amides is 1. The Balaban J connectivity index is 2.01. The van der Waals surface area contributed by atoms with Gasteiger partial charge in [-0.2, -0.15) is 0 Å². The van der Waals surface area contributed by atoms with Gasteiger partial charge in [-0.3, -0.25) is 4.79 Å². The summed E-state index contributed by atoms with van der Waals surface area (Å²) >= 11 is 0. The monoisotopic (exact) mass is 322 g/mol. The van der Waals surface area contributed by atoms with Crippen LogP contribution in [0.15, 0.2) is 36.4 Å². The maximum absolute atomic E-state index is 11.4. The number of nitrogens with two attached hydrogens (primary N) is 1. The maximum atomic E-state index is 11.4. The Hall–Kier alpha value is -3.15. The number of hydrogen-bond donors (Lipinski definition) is 2. The molecule has 0 fully saturated rings. The molecule has 0 saturated heterocycles. The fourth-order valence-corrected chi connectivity index (χ4v) is 2.42. The third kappa shape index (κ3) is 2.99. The number of carbonyl (C=O) groups excluding carboxylic acids is 1. The molecule has 0 atom stereocenters. The van der Waals surface area contributed by atoms with Crippen LogP contribution in [0.4, 0.5) is 11.4 Å². The molecule has 0 aliphatic heterocycles. The van der Waals surface area contributed by atoms with Crippen molar-refractivity contribution >= 4 is 28.3 Å². The molecule has 0 radical (unpaired) electrons. The Kier molecular flexibility index (Phi) is 4.04. The maximum Gasteiger partial charge on any atom is 0.248 e. The van der Waals surface area contributed by atoms with E-state index in [-0.39, 0.29) is 0 Å². The first kappa shape index (κ1) is 15.7. The van der Waals surface area contributed by atoms with Crippen LogP contribution in [-0.2, 0) is 0 Å². The van der Waals surface area contributed by atoms with Crippen molar-refractivity contribution in [2.45, 2.75) is 13.8 Å². The molecular weight excluding hydrogens is 304 g/mol. The lowest BCUT2D eigenvalue weighted by atomic mass is 10.1. The highest BCUT2D eigenvalue weighted by atomic mass is 16.5. The van der Waals surface area contributed by atoms with E-state index in [4.69, 9.17) is 10.5 Å². The lowest BCUT2D eigenvalue weighted by Crippen LogP contribution is -2.11. The predicted molar refractivity (Wildman–Crippen MR) is 93.8 cm³/mol. The Labute approximate surface area is 139 Å². The molecule has 0 unspecified atom stereocenters. The van der Waals surface area contributed by atoms with Crippen LogP contribution >= 0.6 is 0 Å². The summed E-state index contributed by atoms with van der Waals surface area (Å²) in [6, 6.07) is 10.7. The summed E-state index contributed by atoms with van der Waals surface area (Å²) in [4.78, 5) is 20.5. The molecule has 6 nitrogen and oxygen atoms in total. The summed E-state index contributed by atoms with van der Waals surface area (Å²) in [5, 5.41) is 3.24. The van der Waals surface area contributed by atoms with Crippen molar-refractivity contribution < 1.29 is 9.53 Å². The van der Waals surface area contributed by atoms with Crippen molar-refractivity contribution in [3.8, 4) is 5.75 Å². The lowest BCUT2D eigenvalue weighted by Gasteiger charge is -2.13. The number of aryl methyl sites for hydroxylation is 2. The number of aromatic nitrogens is 2. The van der Waals surface area contributed by atoms with Gasteiger partial charge in [-0.1, -0.05) is 0 Å². The Morgan fingerprint density at radius 3 is 2.42 bits per heavy atom. The average Bonchev–Trinajstić information content (AvgIpc) is 2.56. The van der Waals surface area contributed by atoms with E-state index in [0.29, 0.717) is 17.0 Å². The molecule has 1 heterocycles. The summed E-state index contributed by atoms with van der Waals surface area (Å²) in [6.07, 6.45) is 0. The summed E-state index contributed by atoms with van der Waals surface area (Å²) < 4.78 is 5.33. The second-order valence-corrected chi connectivity index (χ2v) is 5.50. The average molecular weight is 322 g/mol. The molecule has 3 rings (SSSR count). The standard InChI is InChI=1S/C18H18N4O2/c1-10-11(2)21-15-9-13(5-6-14(15)20-10)22-16-8-12(18(19)23)4-7-17(16)24-3/h4-9,22H,1-3H3,(H2,19,23). The number of methoxy groups -OCH3 is 1. The lowest BCUT2D eigenvalue weighted by molar-refractivity contribution is 0.100. The van der Waals surface area contributed by atoms with Crippen molar-refractivity contribution in [2.75, 3.05) is 12.4 Å².